The molecule has 1 aromatic heterocycles. The lowest BCUT2D eigenvalue weighted by Crippen LogP contribution is -2.61. The summed E-state index contributed by atoms with van der Waals surface area (Å²) in [7, 11) is 2.93. The summed E-state index contributed by atoms with van der Waals surface area (Å²) >= 11 is 1.22. The molecule has 35 heavy (non-hydrogen) atoms. The van der Waals surface area contributed by atoms with E-state index in [0.29, 0.717) is 23.1 Å². The molecule has 2 aromatic rings. The van der Waals surface area contributed by atoms with Gasteiger partial charge in [-0.25, -0.2) is 9.37 Å². The van der Waals surface area contributed by atoms with Crippen LogP contribution in [0.3, 0.4) is 0 Å². The lowest BCUT2D eigenvalue weighted by Gasteiger charge is -2.30. The van der Waals surface area contributed by atoms with Crippen LogP contribution in [-0.4, -0.2) is 93.7 Å². The zero-order chi connectivity index (χ0) is 24.9. The molecular formula is C22H23N8O4S+. The smallest absolute Gasteiger partial charge is 0.312 e. The highest BCUT2D eigenvalue weighted by atomic mass is 32.1. The van der Waals surface area contributed by atoms with Crippen molar-refractivity contribution in [2.45, 2.75) is 25.3 Å². The number of hydrogen-bond acceptors (Lipinski definition) is 8. The molecule has 3 aliphatic heterocycles. The topological polar surface area (TPSA) is 131 Å². The molecular weight excluding hydrogens is 472 g/mol. The Labute approximate surface area is 204 Å². The minimum atomic E-state index is -0.837. The number of urea groups is 1. The lowest BCUT2D eigenvalue weighted by atomic mass is 10.1. The van der Waals surface area contributed by atoms with E-state index in [1.807, 2.05) is 31.2 Å². The van der Waals surface area contributed by atoms with Gasteiger partial charge in [0.05, 0.1) is 0 Å². The maximum atomic E-state index is 12.7. The van der Waals surface area contributed by atoms with Crippen molar-refractivity contribution in [3.63, 3.8) is 0 Å². The Kier molecular flexibility index (Phi) is 5.63. The molecule has 1 N–H and O–H groups in total. The monoisotopic (exact) mass is 495 g/mol. The van der Waals surface area contributed by atoms with Crippen molar-refractivity contribution >= 4 is 58.1 Å². The molecule has 4 heterocycles. The van der Waals surface area contributed by atoms with Crippen LogP contribution in [0.1, 0.15) is 22.9 Å². The van der Waals surface area contributed by atoms with Crippen LogP contribution >= 0.6 is 11.3 Å². The SMILES string of the molecule is Cc1ccc(N2CC(c3nnc(NC(=O)C[N+]4=CN=C5C4C(=O)N(C)C(=O)N5C)s3)CC2=O)cc1. The van der Waals surface area contributed by atoms with Crippen LogP contribution in [0.15, 0.2) is 29.3 Å². The number of hydrogen-bond donors (Lipinski definition) is 1. The Morgan fingerprint density at radius 3 is 2.63 bits per heavy atom. The van der Waals surface area contributed by atoms with Crippen LogP contribution < -0.4 is 10.2 Å². The number of fused-ring (bicyclic) bond motifs is 1. The summed E-state index contributed by atoms with van der Waals surface area (Å²) in [5.41, 5.74) is 1.97. The van der Waals surface area contributed by atoms with Gasteiger partial charge >= 0.3 is 6.03 Å². The third-order valence-electron chi connectivity index (χ3n) is 6.23. The number of carbonyl (C=O) groups excluding carboxylic acids is 4. The first-order valence-electron chi connectivity index (χ1n) is 10.9. The molecule has 0 saturated carbocycles. The average molecular weight is 496 g/mol. The molecule has 5 amide bonds. The summed E-state index contributed by atoms with van der Waals surface area (Å²) in [6.07, 6.45) is 1.71. The van der Waals surface area contributed by atoms with Gasteiger partial charge in [-0.05, 0) is 24.0 Å². The number of aromatic nitrogens is 2. The number of anilines is 2. The van der Waals surface area contributed by atoms with Crippen molar-refractivity contribution in [1.29, 1.82) is 0 Å². The summed E-state index contributed by atoms with van der Waals surface area (Å²) in [6, 6.07) is 6.47. The maximum absolute atomic E-state index is 12.7. The van der Waals surface area contributed by atoms with E-state index in [1.165, 1.54) is 41.2 Å². The van der Waals surface area contributed by atoms with E-state index in [2.05, 4.69) is 20.5 Å². The summed E-state index contributed by atoms with van der Waals surface area (Å²) in [4.78, 5) is 58.1. The van der Waals surface area contributed by atoms with Crippen LogP contribution in [0.5, 0.6) is 0 Å². The van der Waals surface area contributed by atoms with Crippen molar-refractivity contribution in [2.75, 3.05) is 37.4 Å². The van der Waals surface area contributed by atoms with Crippen LogP contribution in [0.2, 0.25) is 0 Å². The Bertz CT molecular complexity index is 1300. The number of benzene rings is 1. The van der Waals surface area contributed by atoms with Crippen LogP contribution in [0, 0.1) is 6.92 Å². The minimum Gasteiger partial charge on any atom is -0.312 e. The van der Waals surface area contributed by atoms with Gasteiger partial charge in [0.15, 0.2) is 6.54 Å². The Hall–Kier alpha value is -4.00. The predicted molar refractivity (Wildman–Crippen MR) is 128 cm³/mol. The molecule has 0 radical (unpaired) electrons. The largest absolute Gasteiger partial charge is 0.333 e. The Morgan fingerprint density at radius 1 is 1.14 bits per heavy atom. The summed E-state index contributed by atoms with van der Waals surface area (Å²) < 4.78 is 1.48. The number of carbonyl (C=O) groups is 4. The van der Waals surface area contributed by atoms with Gasteiger partial charge in [0.25, 0.3) is 30.0 Å². The molecule has 2 saturated heterocycles. The Morgan fingerprint density at radius 2 is 1.89 bits per heavy atom. The van der Waals surface area contributed by atoms with Crippen LogP contribution in [0.4, 0.5) is 15.6 Å². The van der Waals surface area contributed by atoms with E-state index in [0.717, 1.165) is 16.2 Å². The van der Waals surface area contributed by atoms with Crippen molar-refractivity contribution in [3.05, 3.63) is 34.8 Å². The third kappa shape index (κ3) is 4.07. The standard InChI is InChI=1S/C22H22N8O4S/c1-12-4-6-14(7-5-12)30-9-13(8-16(30)32)19-25-26-21(35-19)24-15(31)10-29-11-23-18-17(29)20(33)28(3)22(34)27(18)2/h4-7,11,13,17H,8-10H2,1-3H3/p+1. The van der Waals surface area contributed by atoms with Crippen LogP contribution in [0.25, 0.3) is 0 Å². The summed E-state index contributed by atoms with van der Waals surface area (Å²) in [5.74, 6) is -0.660. The molecule has 2 atom stereocenters. The second-order valence-corrected chi connectivity index (χ2v) is 9.66. The Balaban J connectivity index is 1.21. The van der Waals surface area contributed by atoms with Gasteiger partial charge in [-0.1, -0.05) is 29.0 Å². The number of rotatable bonds is 5. The number of nitrogens with one attached hydrogen (secondary N) is 1. The molecule has 0 bridgehead atoms. The van der Waals surface area contributed by atoms with Gasteiger partial charge in [-0.3, -0.25) is 29.5 Å². The number of amides is 5. The van der Waals surface area contributed by atoms with E-state index in [9.17, 15) is 19.2 Å². The van der Waals surface area contributed by atoms with Crippen molar-refractivity contribution in [3.8, 4) is 0 Å². The molecule has 13 heteroatoms. The van der Waals surface area contributed by atoms with Gasteiger partial charge in [-0.2, -0.15) is 0 Å². The number of imide groups is 1. The molecule has 2 unspecified atom stereocenters. The zero-order valence-corrected chi connectivity index (χ0v) is 20.2. The quantitative estimate of drug-likeness (QED) is 0.606. The van der Waals surface area contributed by atoms with Crippen molar-refractivity contribution < 1.29 is 23.8 Å². The second-order valence-electron chi connectivity index (χ2n) is 8.65. The van der Waals surface area contributed by atoms with Crippen molar-refractivity contribution in [1.82, 2.24) is 20.0 Å². The fraction of sp³-hybridized carbons (Fsp3) is 0.364. The van der Waals surface area contributed by atoms with Crippen molar-refractivity contribution in [2.24, 2.45) is 4.99 Å². The fourth-order valence-corrected chi connectivity index (χ4v) is 5.15. The molecule has 3 aliphatic rings. The van der Waals surface area contributed by atoms with Gasteiger partial charge < -0.3 is 4.90 Å². The maximum Gasteiger partial charge on any atom is 0.333 e. The molecule has 12 nitrogen and oxygen atoms in total. The molecule has 2 fully saturated rings. The first kappa shape index (κ1) is 22.8. The minimum absolute atomic E-state index is 0.0191. The number of aryl methyl sites for hydroxylation is 1. The number of aliphatic imine (C=N–C) groups is 1. The third-order valence-corrected chi connectivity index (χ3v) is 7.23. The lowest BCUT2D eigenvalue weighted by molar-refractivity contribution is -0.519. The first-order chi connectivity index (χ1) is 16.7. The molecule has 5 rings (SSSR count). The van der Waals surface area contributed by atoms with Gasteiger partial charge in [0, 0.05) is 38.7 Å². The molecule has 0 spiro atoms. The fourth-order valence-electron chi connectivity index (χ4n) is 4.30. The molecule has 1 aromatic carbocycles. The van der Waals surface area contributed by atoms with E-state index in [1.54, 1.807) is 4.90 Å². The van der Waals surface area contributed by atoms with Gasteiger partial charge in [0.2, 0.25) is 11.0 Å². The summed E-state index contributed by atoms with van der Waals surface area (Å²) in [5, 5.41) is 11.9. The predicted octanol–water partition coefficient (Wildman–Crippen LogP) is 0.651. The zero-order valence-electron chi connectivity index (χ0n) is 19.3. The highest BCUT2D eigenvalue weighted by Gasteiger charge is 2.50. The molecule has 0 aliphatic carbocycles. The van der Waals surface area contributed by atoms with E-state index < -0.39 is 23.9 Å². The number of likely N-dealkylation sites (N-methyl/N-ethyl adjacent to an activating group) is 2. The number of amidine groups is 1. The summed E-state index contributed by atoms with van der Waals surface area (Å²) in [6.45, 7) is 2.34. The van der Waals surface area contributed by atoms with Gasteiger partial charge in [0.1, 0.15) is 5.01 Å². The number of nitrogens with zero attached hydrogens (tertiary/aromatic N) is 7. The normalized spacial score (nSPS) is 21.9. The van der Waals surface area contributed by atoms with E-state index in [4.69, 9.17) is 0 Å². The second kappa shape index (κ2) is 8.65. The molecule has 180 valence electrons. The highest BCUT2D eigenvalue weighted by Crippen LogP contribution is 2.34. The average Bonchev–Trinajstić information content (AvgIpc) is 3.56. The van der Waals surface area contributed by atoms with Crippen LogP contribution in [-0.2, 0) is 14.4 Å². The van der Waals surface area contributed by atoms with E-state index >= 15 is 0 Å². The highest BCUT2D eigenvalue weighted by molar-refractivity contribution is 7.15. The first-order valence-corrected chi connectivity index (χ1v) is 11.8. The van der Waals surface area contributed by atoms with Gasteiger partial charge in [-0.15, -0.1) is 10.2 Å². The van der Waals surface area contributed by atoms with E-state index in [-0.39, 0.29) is 24.2 Å².